The van der Waals surface area contributed by atoms with Crippen LogP contribution in [0.5, 0.6) is 0 Å². The molecular weight excluding hydrogens is 248 g/mol. The standard InChI is InChI=1S/C17H26N2O/c18-16(15-10-6-3-7-11-15)13-19-17(20)12-14-8-4-1-2-5-9-14/h3,6-7,10-11,14,16H,1-2,4-5,8-9,12-13,18H2,(H,19,20). The van der Waals surface area contributed by atoms with E-state index >= 15 is 0 Å². The van der Waals surface area contributed by atoms with Crippen LogP contribution < -0.4 is 11.1 Å². The van der Waals surface area contributed by atoms with Crippen molar-refractivity contribution in [3.05, 3.63) is 35.9 Å². The SMILES string of the molecule is NC(CNC(=O)CC1CCCCCC1)c1ccccc1. The lowest BCUT2D eigenvalue weighted by Gasteiger charge is -2.16. The topological polar surface area (TPSA) is 55.1 Å². The van der Waals surface area contributed by atoms with E-state index in [-0.39, 0.29) is 11.9 Å². The van der Waals surface area contributed by atoms with Gasteiger partial charge in [0.1, 0.15) is 0 Å². The van der Waals surface area contributed by atoms with Crippen molar-refractivity contribution < 1.29 is 4.79 Å². The number of hydrogen-bond donors (Lipinski definition) is 2. The summed E-state index contributed by atoms with van der Waals surface area (Å²) in [5.41, 5.74) is 7.16. The van der Waals surface area contributed by atoms with Gasteiger partial charge in [-0.1, -0.05) is 56.0 Å². The number of benzene rings is 1. The minimum Gasteiger partial charge on any atom is -0.354 e. The molecule has 110 valence electrons. The minimum atomic E-state index is -0.116. The number of amides is 1. The van der Waals surface area contributed by atoms with Crippen LogP contribution in [0.3, 0.4) is 0 Å². The van der Waals surface area contributed by atoms with Crippen molar-refractivity contribution >= 4 is 5.91 Å². The minimum absolute atomic E-state index is 0.116. The Labute approximate surface area is 121 Å². The van der Waals surface area contributed by atoms with E-state index in [4.69, 9.17) is 5.73 Å². The van der Waals surface area contributed by atoms with Crippen molar-refractivity contribution in [2.24, 2.45) is 11.7 Å². The highest BCUT2D eigenvalue weighted by Gasteiger charge is 2.16. The Morgan fingerprint density at radius 3 is 2.45 bits per heavy atom. The molecule has 0 spiro atoms. The molecular formula is C17H26N2O. The maximum absolute atomic E-state index is 12.0. The molecule has 3 nitrogen and oxygen atoms in total. The number of nitrogens with one attached hydrogen (secondary N) is 1. The van der Waals surface area contributed by atoms with Crippen LogP contribution in [-0.2, 0) is 4.79 Å². The van der Waals surface area contributed by atoms with Crippen molar-refractivity contribution in [2.75, 3.05) is 6.54 Å². The van der Waals surface area contributed by atoms with Gasteiger partial charge in [0, 0.05) is 19.0 Å². The monoisotopic (exact) mass is 274 g/mol. The van der Waals surface area contributed by atoms with Gasteiger partial charge in [0.05, 0.1) is 0 Å². The summed E-state index contributed by atoms with van der Waals surface area (Å²) < 4.78 is 0. The molecule has 1 amide bonds. The lowest BCUT2D eigenvalue weighted by Crippen LogP contribution is -2.32. The molecule has 1 aliphatic rings. The molecule has 2 rings (SSSR count). The third kappa shape index (κ3) is 4.97. The van der Waals surface area contributed by atoms with Gasteiger partial charge in [0.25, 0.3) is 0 Å². The van der Waals surface area contributed by atoms with Crippen LogP contribution in [0.2, 0.25) is 0 Å². The molecule has 0 radical (unpaired) electrons. The van der Waals surface area contributed by atoms with Gasteiger partial charge < -0.3 is 11.1 Å². The highest BCUT2D eigenvalue weighted by atomic mass is 16.1. The van der Waals surface area contributed by atoms with E-state index in [1.54, 1.807) is 0 Å². The van der Waals surface area contributed by atoms with E-state index in [0.717, 1.165) is 5.56 Å². The normalized spacial score (nSPS) is 18.2. The lowest BCUT2D eigenvalue weighted by atomic mass is 9.96. The Morgan fingerprint density at radius 2 is 1.80 bits per heavy atom. The van der Waals surface area contributed by atoms with E-state index in [1.807, 2.05) is 30.3 Å². The predicted octanol–water partition coefficient (Wildman–Crippen LogP) is 3.16. The average molecular weight is 274 g/mol. The van der Waals surface area contributed by atoms with Crippen LogP contribution in [0.25, 0.3) is 0 Å². The third-order valence-electron chi connectivity index (χ3n) is 4.20. The quantitative estimate of drug-likeness (QED) is 0.810. The number of hydrogen-bond acceptors (Lipinski definition) is 2. The van der Waals surface area contributed by atoms with Crippen molar-refractivity contribution in [2.45, 2.75) is 51.0 Å². The highest BCUT2D eigenvalue weighted by molar-refractivity contribution is 5.76. The predicted molar refractivity (Wildman–Crippen MR) is 82.2 cm³/mol. The summed E-state index contributed by atoms with van der Waals surface area (Å²) in [5, 5.41) is 2.98. The van der Waals surface area contributed by atoms with Crippen LogP contribution in [0.4, 0.5) is 0 Å². The summed E-state index contributed by atoms with van der Waals surface area (Å²) >= 11 is 0. The van der Waals surface area contributed by atoms with E-state index in [2.05, 4.69) is 5.32 Å². The lowest BCUT2D eigenvalue weighted by molar-refractivity contribution is -0.122. The fourth-order valence-corrected chi connectivity index (χ4v) is 2.94. The first-order valence-electron chi connectivity index (χ1n) is 7.83. The van der Waals surface area contributed by atoms with Gasteiger partial charge in [0.2, 0.25) is 5.91 Å². The summed E-state index contributed by atoms with van der Waals surface area (Å²) in [7, 11) is 0. The second-order valence-electron chi connectivity index (χ2n) is 5.88. The Hall–Kier alpha value is -1.35. The van der Waals surface area contributed by atoms with Gasteiger partial charge in [-0.2, -0.15) is 0 Å². The van der Waals surface area contributed by atoms with E-state index in [1.165, 1.54) is 38.5 Å². The third-order valence-corrected chi connectivity index (χ3v) is 4.20. The molecule has 20 heavy (non-hydrogen) atoms. The Bertz CT molecular complexity index is 397. The van der Waals surface area contributed by atoms with Gasteiger partial charge in [-0.05, 0) is 24.3 Å². The largest absolute Gasteiger partial charge is 0.354 e. The van der Waals surface area contributed by atoms with Crippen LogP contribution in [0, 0.1) is 5.92 Å². The Balaban J connectivity index is 1.71. The summed E-state index contributed by atoms with van der Waals surface area (Å²) in [6, 6.07) is 9.81. The first kappa shape index (κ1) is 15.0. The summed E-state index contributed by atoms with van der Waals surface area (Å²) in [6.45, 7) is 0.523. The molecule has 0 aliphatic heterocycles. The number of rotatable bonds is 5. The van der Waals surface area contributed by atoms with Crippen molar-refractivity contribution in [3.8, 4) is 0 Å². The maximum Gasteiger partial charge on any atom is 0.220 e. The maximum atomic E-state index is 12.0. The van der Waals surface area contributed by atoms with Crippen LogP contribution in [0.1, 0.15) is 56.6 Å². The fraction of sp³-hybridized carbons (Fsp3) is 0.588. The van der Waals surface area contributed by atoms with E-state index in [9.17, 15) is 4.79 Å². The molecule has 1 atom stereocenters. The molecule has 1 aliphatic carbocycles. The van der Waals surface area contributed by atoms with Gasteiger partial charge in [-0.15, -0.1) is 0 Å². The summed E-state index contributed by atoms with van der Waals surface area (Å²) in [5.74, 6) is 0.730. The van der Waals surface area contributed by atoms with Crippen LogP contribution in [0.15, 0.2) is 30.3 Å². The molecule has 0 aromatic heterocycles. The van der Waals surface area contributed by atoms with Gasteiger partial charge in [-0.25, -0.2) is 0 Å². The zero-order chi connectivity index (χ0) is 14.2. The number of carbonyl (C=O) groups is 1. The van der Waals surface area contributed by atoms with Gasteiger partial charge >= 0.3 is 0 Å². The van der Waals surface area contributed by atoms with Gasteiger partial charge in [0.15, 0.2) is 0 Å². The zero-order valence-electron chi connectivity index (χ0n) is 12.2. The molecule has 3 N–H and O–H groups in total. The molecule has 1 aromatic carbocycles. The number of carbonyl (C=O) groups excluding carboxylic acids is 1. The first-order chi connectivity index (χ1) is 9.75. The molecule has 1 fully saturated rings. The summed E-state index contributed by atoms with van der Waals surface area (Å²) in [4.78, 5) is 12.0. The van der Waals surface area contributed by atoms with Gasteiger partial charge in [-0.3, -0.25) is 4.79 Å². The second-order valence-corrected chi connectivity index (χ2v) is 5.88. The molecule has 0 bridgehead atoms. The molecule has 0 saturated heterocycles. The number of nitrogens with two attached hydrogens (primary N) is 1. The van der Waals surface area contributed by atoms with Crippen molar-refractivity contribution in [1.29, 1.82) is 0 Å². The smallest absolute Gasteiger partial charge is 0.220 e. The molecule has 1 saturated carbocycles. The average Bonchev–Trinajstić information content (AvgIpc) is 2.74. The van der Waals surface area contributed by atoms with Crippen LogP contribution >= 0.6 is 0 Å². The zero-order valence-corrected chi connectivity index (χ0v) is 12.2. The van der Waals surface area contributed by atoms with Crippen LogP contribution in [-0.4, -0.2) is 12.5 Å². The van der Waals surface area contributed by atoms with Crippen molar-refractivity contribution in [3.63, 3.8) is 0 Å². The van der Waals surface area contributed by atoms with Crippen molar-refractivity contribution in [1.82, 2.24) is 5.32 Å². The Kier molecular flexibility index (Phi) is 6.06. The molecule has 1 unspecified atom stereocenters. The van der Waals surface area contributed by atoms with E-state index < -0.39 is 0 Å². The highest BCUT2D eigenvalue weighted by Crippen LogP contribution is 2.25. The second kappa shape index (κ2) is 8.05. The molecule has 0 heterocycles. The fourth-order valence-electron chi connectivity index (χ4n) is 2.94. The summed E-state index contributed by atoms with van der Waals surface area (Å²) in [6.07, 6.45) is 8.30. The van der Waals surface area contributed by atoms with E-state index in [0.29, 0.717) is 18.9 Å². The Morgan fingerprint density at radius 1 is 1.15 bits per heavy atom. The molecule has 1 aromatic rings. The molecule has 3 heteroatoms. The first-order valence-corrected chi connectivity index (χ1v) is 7.83.